The minimum Gasteiger partial charge on any atom is -0.395 e. The molecule has 5 nitrogen and oxygen atoms in total. The summed E-state index contributed by atoms with van der Waals surface area (Å²) < 4.78 is 5.79. The maximum absolute atomic E-state index is 9.82. The molecule has 2 aromatic rings. The van der Waals surface area contributed by atoms with E-state index in [-0.39, 0.29) is 12.6 Å². The van der Waals surface area contributed by atoms with E-state index in [0.717, 1.165) is 32.4 Å². The lowest BCUT2D eigenvalue weighted by molar-refractivity contribution is -0.0711. The van der Waals surface area contributed by atoms with Gasteiger partial charge in [-0.3, -0.25) is 4.90 Å². The van der Waals surface area contributed by atoms with Crippen LogP contribution in [0, 0.1) is 0 Å². The van der Waals surface area contributed by atoms with E-state index in [2.05, 4.69) is 46.0 Å². The first-order valence-corrected chi connectivity index (χ1v) is 11.0. The molecule has 1 aliphatic heterocycles. The number of hydrogen-bond acceptors (Lipinski definition) is 6. The van der Waals surface area contributed by atoms with E-state index in [1.165, 1.54) is 16.7 Å². The molecule has 0 amide bonds. The van der Waals surface area contributed by atoms with Crippen LogP contribution in [0.2, 0.25) is 0 Å². The smallest absolute Gasteiger partial charge is 0.0926 e. The first-order chi connectivity index (χ1) is 13.7. The van der Waals surface area contributed by atoms with Crippen LogP contribution in [0.25, 0.3) is 11.1 Å². The van der Waals surface area contributed by atoms with Crippen molar-refractivity contribution in [2.45, 2.75) is 50.5 Å². The second-order valence-electron chi connectivity index (χ2n) is 7.52. The third kappa shape index (κ3) is 6.11. The zero-order valence-electron chi connectivity index (χ0n) is 16.2. The Balaban J connectivity index is 1.28. The van der Waals surface area contributed by atoms with Crippen LogP contribution >= 0.6 is 11.3 Å². The average Bonchev–Trinajstić information content (AvgIpc) is 3.25. The lowest BCUT2D eigenvalue weighted by Crippen LogP contribution is -2.53. The molecule has 0 aliphatic carbocycles. The van der Waals surface area contributed by atoms with Gasteiger partial charge in [-0.05, 0) is 65.7 Å². The van der Waals surface area contributed by atoms with Gasteiger partial charge < -0.3 is 20.1 Å². The van der Waals surface area contributed by atoms with Gasteiger partial charge in [0, 0.05) is 19.2 Å². The lowest BCUT2D eigenvalue weighted by Gasteiger charge is -2.39. The first kappa shape index (κ1) is 21.4. The van der Waals surface area contributed by atoms with Crippen molar-refractivity contribution < 1.29 is 20.1 Å². The van der Waals surface area contributed by atoms with Crippen LogP contribution in [0.4, 0.5) is 0 Å². The summed E-state index contributed by atoms with van der Waals surface area (Å²) in [5.41, 5.74) is 3.68. The molecule has 1 saturated heterocycles. The van der Waals surface area contributed by atoms with Gasteiger partial charge in [-0.15, -0.1) is 0 Å². The van der Waals surface area contributed by atoms with Gasteiger partial charge in [-0.25, -0.2) is 0 Å². The summed E-state index contributed by atoms with van der Waals surface area (Å²) >= 11 is 1.71. The summed E-state index contributed by atoms with van der Waals surface area (Å²) in [6.45, 7) is 2.66. The van der Waals surface area contributed by atoms with Crippen molar-refractivity contribution >= 4 is 11.3 Å². The molecule has 0 spiro atoms. The fourth-order valence-corrected chi connectivity index (χ4v) is 4.33. The highest BCUT2D eigenvalue weighted by Crippen LogP contribution is 2.22. The minimum atomic E-state index is -0.721. The van der Waals surface area contributed by atoms with Crippen LogP contribution in [0.3, 0.4) is 0 Å². The van der Waals surface area contributed by atoms with Gasteiger partial charge in [0.2, 0.25) is 0 Å². The number of nitrogens with zero attached hydrogens (tertiary/aromatic N) is 1. The molecule has 154 valence electrons. The number of aliphatic hydroxyl groups excluding tert-OH is 3. The molecule has 3 rings (SSSR count). The fraction of sp³-hybridized carbons (Fsp3) is 0.545. The fourth-order valence-electron chi connectivity index (χ4n) is 3.67. The third-order valence-electron chi connectivity index (χ3n) is 5.42. The Bertz CT molecular complexity index is 676. The number of piperidine rings is 1. The molecule has 3 N–H and O–H groups in total. The maximum Gasteiger partial charge on any atom is 0.0926 e. The Morgan fingerprint density at radius 2 is 1.82 bits per heavy atom. The third-order valence-corrected chi connectivity index (χ3v) is 6.10. The Morgan fingerprint density at radius 3 is 2.54 bits per heavy atom. The predicted molar refractivity (Wildman–Crippen MR) is 112 cm³/mol. The Morgan fingerprint density at radius 1 is 1.00 bits per heavy atom. The van der Waals surface area contributed by atoms with Crippen molar-refractivity contribution in [2.75, 3.05) is 26.3 Å². The number of hydrogen-bond donors (Lipinski definition) is 3. The second kappa shape index (κ2) is 11.0. The van der Waals surface area contributed by atoms with Gasteiger partial charge in [-0.1, -0.05) is 24.3 Å². The van der Waals surface area contributed by atoms with Crippen LogP contribution in [0.1, 0.15) is 31.2 Å². The Kier molecular flexibility index (Phi) is 8.45. The Hall–Kier alpha value is -1.28. The standard InChI is InChI=1S/C22H31NO4S/c24-14-20-12-21(25)22(26)13-23(20)9-2-1-3-10-27-15-17-4-6-18(7-5-17)19-8-11-28-16-19/h4-8,11,16,20-22,24-26H,1-3,9-10,12-15H2/t20-,21?,22+/m1/s1. The molecule has 1 unspecified atom stereocenters. The molecule has 3 atom stereocenters. The average molecular weight is 406 g/mol. The van der Waals surface area contributed by atoms with E-state index in [1.807, 2.05) is 0 Å². The molecule has 1 aromatic carbocycles. The van der Waals surface area contributed by atoms with Gasteiger partial charge in [0.05, 0.1) is 25.4 Å². The monoisotopic (exact) mass is 405 g/mol. The van der Waals surface area contributed by atoms with Crippen LogP contribution < -0.4 is 0 Å². The number of thiophene rings is 1. The molecule has 6 heteroatoms. The van der Waals surface area contributed by atoms with Crippen LogP contribution in [0.15, 0.2) is 41.1 Å². The van der Waals surface area contributed by atoms with Crippen molar-refractivity contribution in [2.24, 2.45) is 0 Å². The summed E-state index contributed by atoms with van der Waals surface area (Å²) in [5, 5.41) is 33.2. The minimum absolute atomic E-state index is 0.0259. The molecule has 2 heterocycles. The molecular formula is C22H31NO4S. The first-order valence-electron chi connectivity index (χ1n) is 10.1. The van der Waals surface area contributed by atoms with E-state index in [0.29, 0.717) is 19.6 Å². The van der Waals surface area contributed by atoms with Crippen LogP contribution in [-0.2, 0) is 11.3 Å². The van der Waals surface area contributed by atoms with E-state index in [1.54, 1.807) is 11.3 Å². The van der Waals surface area contributed by atoms with Crippen LogP contribution in [-0.4, -0.2) is 64.8 Å². The highest BCUT2D eigenvalue weighted by atomic mass is 32.1. The lowest BCUT2D eigenvalue weighted by atomic mass is 9.97. The van der Waals surface area contributed by atoms with E-state index in [9.17, 15) is 15.3 Å². The van der Waals surface area contributed by atoms with E-state index in [4.69, 9.17) is 4.74 Å². The number of unbranched alkanes of at least 4 members (excludes halogenated alkanes) is 2. The molecule has 28 heavy (non-hydrogen) atoms. The summed E-state index contributed by atoms with van der Waals surface area (Å²) in [6.07, 6.45) is 2.04. The summed E-state index contributed by atoms with van der Waals surface area (Å²) in [7, 11) is 0. The van der Waals surface area contributed by atoms with Crippen molar-refractivity contribution in [3.8, 4) is 11.1 Å². The number of aliphatic hydroxyl groups is 3. The number of benzene rings is 1. The summed E-state index contributed by atoms with van der Waals surface area (Å²) in [6, 6.07) is 10.6. The zero-order chi connectivity index (χ0) is 19.8. The SMILES string of the molecule is OC[C@H]1CC(O)[C@@H](O)CN1CCCCCOCc1ccc(-c2ccsc2)cc1. The van der Waals surface area contributed by atoms with E-state index < -0.39 is 12.2 Å². The highest BCUT2D eigenvalue weighted by molar-refractivity contribution is 7.08. The molecular weight excluding hydrogens is 374 g/mol. The zero-order valence-corrected chi connectivity index (χ0v) is 17.1. The van der Waals surface area contributed by atoms with Gasteiger partial charge in [-0.2, -0.15) is 11.3 Å². The molecule has 0 saturated carbocycles. The molecule has 0 radical (unpaired) electrons. The normalized spacial score (nSPS) is 23.2. The van der Waals surface area contributed by atoms with Gasteiger partial charge in [0.1, 0.15) is 0 Å². The number of rotatable bonds is 10. The van der Waals surface area contributed by atoms with Crippen molar-refractivity contribution in [3.63, 3.8) is 0 Å². The number of β-amino-alcohol motifs (C(OH)–C–C–N with tert-alkyl or cyclic N) is 1. The van der Waals surface area contributed by atoms with E-state index >= 15 is 0 Å². The van der Waals surface area contributed by atoms with Gasteiger partial charge >= 0.3 is 0 Å². The summed E-state index contributed by atoms with van der Waals surface area (Å²) in [5.74, 6) is 0. The number of ether oxygens (including phenoxy) is 1. The highest BCUT2D eigenvalue weighted by Gasteiger charge is 2.32. The quantitative estimate of drug-likeness (QED) is 0.530. The Labute approximate surface area is 171 Å². The predicted octanol–water partition coefficient (Wildman–Crippen LogP) is 2.89. The molecule has 1 fully saturated rings. The largest absolute Gasteiger partial charge is 0.395 e. The topological polar surface area (TPSA) is 73.2 Å². The molecule has 1 aliphatic rings. The van der Waals surface area contributed by atoms with Gasteiger partial charge in [0.15, 0.2) is 0 Å². The molecule has 1 aromatic heterocycles. The van der Waals surface area contributed by atoms with Crippen LogP contribution in [0.5, 0.6) is 0 Å². The maximum atomic E-state index is 9.82. The molecule has 0 bridgehead atoms. The second-order valence-corrected chi connectivity index (χ2v) is 8.30. The van der Waals surface area contributed by atoms with Crippen molar-refractivity contribution in [3.05, 3.63) is 46.7 Å². The van der Waals surface area contributed by atoms with Crippen molar-refractivity contribution in [1.82, 2.24) is 4.90 Å². The van der Waals surface area contributed by atoms with Gasteiger partial charge in [0.25, 0.3) is 0 Å². The van der Waals surface area contributed by atoms with Crippen molar-refractivity contribution in [1.29, 1.82) is 0 Å². The number of likely N-dealkylation sites (tertiary alicyclic amines) is 1. The summed E-state index contributed by atoms with van der Waals surface area (Å²) in [4.78, 5) is 2.09.